The lowest BCUT2D eigenvalue weighted by atomic mass is 9.93. The molecule has 1 N–H and O–H groups in total. The molecule has 0 aromatic heterocycles. The average Bonchev–Trinajstić information content (AvgIpc) is 2.34. The number of rotatable bonds is 0. The zero-order chi connectivity index (χ0) is 6.97. The van der Waals surface area contributed by atoms with E-state index in [2.05, 4.69) is 6.08 Å². The number of aliphatic hydroxyl groups is 1. The van der Waals surface area contributed by atoms with E-state index < -0.39 is 0 Å². The van der Waals surface area contributed by atoms with E-state index in [0.29, 0.717) is 5.76 Å². The van der Waals surface area contributed by atoms with Crippen LogP contribution in [0.1, 0.15) is 12.8 Å². The standard InChI is InChI=1S/C8H10O2/c9-7-5-10-8-4-2-1-3-6(7)8/h1,3,5-6,8-9H,2,4H2. The molecule has 0 aromatic carbocycles. The summed E-state index contributed by atoms with van der Waals surface area (Å²) < 4.78 is 5.21. The van der Waals surface area contributed by atoms with Crippen LogP contribution in [0, 0.1) is 5.92 Å². The van der Waals surface area contributed by atoms with Gasteiger partial charge in [0.05, 0.1) is 5.92 Å². The maximum absolute atomic E-state index is 9.21. The molecule has 0 fully saturated rings. The second kappa shape index (κ2) is 2.04. The van der Waals surface area contributed by atoms with Crippen molar-refractivity contribution >= 4 is 0 Å². The molecule has 1 aliphatic carbocycles. The van der Waals surface area contributed by atoms with Crippen LogP contribution in [0.3, 0.4) is 0 Å². The van der Waals surface area contributed by atoms with Crippen molar-refractivity contribution in [3.05, 3.63) is 24.2 Å². The van der Waals surface area contributed by atoms with Crippen molar-refractivity contribution in [1.82, 2.24) is 0 Å². The number of hydrogen-bond acceptors (Lipinski definition) is 2. The first-order valence-electron chi connectivity index (χ1n) is 3.59. The fourth-order valence-electron chi connectivity index (χ4n) is 1.48. The molecule has 10 heavy (non-hydrogen) atoms. The second-order valence-corrected chi connectivity index (χ2v) is 2.75. The quantitative estimate of drug-likeness (QED) is 0.517. The summed E-state index contributed by atoms with van der Waals surface area (Å²) in [7, 11) is 0. The minimum Gasteiger partial charge on any atom is -0.508 e. The summed E-state index contributed by atoms with van der Waals surface area (Å²) in [6.45, 7) is 0. The van der Waals surface area contributed by atoms with Gasteiger partial charge in [0.1, 0.15) is 18.1 Å². The van der Waals surface area contributed by atoms with Gasteiger partial charge in [0.25, 0.3) is 0 Å². The third-order valence-corrected chi connectivity index (χ3v) is 2.07. The van der Waals surface area contributed by atoms with Gasteiger partial charge in [-0.1, -0.05) is 12.2 Å². The lowest BCUT2D eigenvalue weighted by Crippen LogP contribution is -2.19. The normalized spacial score (nSPS) is 36.6. The summed E-state index contributed by atoms with van der Waals surface area (Å²) in [5.74, 6) is 0.523. The number of fused-ring (bicyclic) bond motifs is 1. The van der Waals surface area contributed by atoms with E-state index in [1.165, 1.54) is 6.26 Å². The topological polar surface area (TPSA) is 29.5 Å². The second-order valence-electron chi connectivity index (χ2n) is 2.75. The van der Waals surface area contributed by atoms with Crippen molar-refractivity contribution < 1.29 is 9.84 Å². The number of allylic oxidation sites excluding steroid dienone is 1. The fourth-order valence-corrected chi connectivity index (χ4v) is 1.48. The van der Waals surface area contributed by atoms with Crippen molar-refractivity contribution in [2.75, 3.05) is 0 Å². The molecule has 2 nitrogen and oxygen atoms in total. The van der Waals surface area contributed by atoms with E-state index in [4.69, 9.17) is 4.74 Å². The maximum Gasteiger partial charge on any atom is 0.137 e. The Morgan fingerprint density at radius 1 is 1.60 bits per heavy atom. The van der Waals surface area contributed by atoms with Crippen LogP contribution >= 0.6 is 0 Å². The Labute approximate surface area is 59.8 Å². The zero-order valence-corrected chi connectivity index (χ0v) is 5.66. The molecule has 0 aromatic rings. The van der Waals surface area contributed by atoms with Gasteiger partial charge in [-0.3, -0.25) is 0 Å². The Morgan fingerprint density at radius 2 is 2.50 bits per heavy atom. The average molecular weight is 138 g/mol. The Bertz CT molecular complexity index is 193. The summed E-state index contributed by atoms with van der Waals surface area (Å²) in [5.41, 5.74) is 0. The fraction of sp³-hybridized carbons (Fsp3) is 0.500. The van der Waals surface area contributed by atoms with Crippen LogP contribution < -0.4 is 0 Å². The van der Waals surface area contributed by atoms with Crippen LogP contribution in [-0.4, -0.2) is 11.2 Å². The number of aliphatic hydroxyl groups excluding tert-OH is 1. The third kappa shape index (κ3) is 0.719. The lowest BCUT2D eigenvalue weighted by Gasteiger charge is -2.18. The molecule has 2 aliphatic rings. The predicted octanol–water partition coefficient (Wildman–Crippen LogP) is 1.75. The van der Waals surface area contributed by atoms with Crippen LogP contribution in [0.2, 0.25) is 0 Å². The minimum atomic E-state index is 0.147. The van der Waals surface area contributed by atoms with Gasteiger partial charge in [0.15, 0.2) is 0 Å². The van der Waals surface area contributed by atoms with E-state index in [-0.39, 0.29) is 12.0 Å². The van der Waals surface area contributed by atoms with Gasteiger partial charge in [0, 0.05) is 0 Å². The van der Waals surface area contributed by atoms with Crippen LogP contribution in [0.25, 0.3) is 0 Å². The number of hydrogen-bond donors (Lipinski definition) is 1. The Kier molecular flexibility index (Phi) is 1.19. The third-order valence-electron chi connectivity index (χ3n) is 2.07. The molecule has 0 bridgehead atoms. The smallest absolute Gasteiger partial charge is 0.137 e. The van der Waals surface area contributed by atoms with Gasteiger partial charge in [0.2, 0.25) is 0 Å². The molecule has 2 unspecified atom stereocenters. The van der Waals surface area contributed by atoms with Crippen LogP contribution in [0.15, 0.2) is 24.2 Å². The summed E-state index contributed by atoms with van der Waals surface area (Å²) in [5, 5.41) is 9.21. The highest BCUT2D eigenvalue weighted by atomic mass is 16.5. The van der Waals surface area contributed by atoms with Crippen LogP contribution in [0.4, 0.5) is 0 Å². The molecule has 0 radical (unpaired) electrons. The minimum absolute atomic E-state index is 0.147. The van der Waals surface area contributed by atoms with Gasteiger partial charge in [-0.05, 0) is 12.8 Å². The van der Waals surface area contributed by atoms with E-state index in [9.17, 15) is 5.11 Å². The highest BCUT2D eigenvalue weighted by Gasteiger charge is 2.30. The molecule has 1 aliphatic heterocycles. The molecule has 0 saturated heterocycles. The highest BCUT2D eigenvalue weighted by molar-refractivity contribution is 5.14. The first-order valence-corrected chi connectivity index (χ1v) is 3.59. The summed E-state index contributed by atoms with van der Waals surface area (Å²) in [6.07, 6.45) is 7.90. The van der Waals surface area contributed by atoms with Crippen LogP contribution in [0.5, 0.6) is 0 Å². The number of ether oxygens (including phenoxy) is 1. The van der Waals surface area contributed by atoms with E-state index in [1.54, 1.807) is 0 Å². The van der Waals surface area contributed by atoms with Crippen molar-refractivity contribution in [1.29, 1.82) is 0 Å². The molecule has 2 rings (SSSR count). The molecule has 0 saturated carbocycles. The van der Waals surface area contributed by atoms with E-state index in [0.717, 1.165) is 12.8 Å². The van der Waals surface area contributed by atoms with E-state index >= 15 is 0 Å². The van der Waals surface area contributed by atoms with Crippen molar-refractivity contribution in [3.8, 4) is 0 Å². The van der Waals surface area contributed by atoms with Gasteiger partial charge < -0.3 is 9.84 Å². The SMILES string of the molecule is OC1=COC2CCC=CC12. The van der Waals surface area contributed by atoms with Gasteiger partial charge >= 0.3 is 0 Å². The maximum atomic E-state index is 9.21. The zero-order valence-electron chi connectivity index (χ0n) is 5.66. The molecule has 54 valence electrons. The van der Waals surface area contributed by atoms with Crippen LogP contribution in [-0.2, 0) is 4.74 Å². The Hall–Kier alpha value is -0.920. The highest BCUT2D eigenvalue weighted by Crippen LogP contribution is 2.31. The summed E-state index contributed by atoms with van der Waals surface area (Å²) in [4.78, 5) is 0. The summed E-state index contributed by atoms with van der Waals surface area (Å²) >= 11 is 0. The van der Waals surface area contributed by atoms with Crippen molar-refractivity contribution in [2.45, 2.75) is 18.9 Å². The largest absolute Gasteiger partial charge is 0.508 e. The first-order chi connectivity index (χ1) is 4.88. The molecule has 0 spiro atoms. The summed E-state index contributed by atoms with van der Waals surface area (Å²) in [6, 6.07) is 0. The van der Waals surface area contributed by atoms with Gasteiger partial charge in [-0.2, -0.15) is 0 Å². The van der Waals surface area contributed by atoms with Gasteiger partial charge in [-0.15, -0.1) is 0 Å². The molecule has 0 amide bonds. The molecule has 2 atom stereocenters. The van der Waals surface area contributed by atoms with Crippen molar-refractivity contribution in [2.24, 2.45) is 5.92 Å². The van der Waals surface area contributed by atoms with Crippen molar-refractivity contribution in [3.63, 3.8) is 0 Å². The Morgan fingerprint density at radius 3 is 3.30 bits per heavy atom. The molecular weight excluding hydrogens is 128 g/mol. The Balaban J connectivity index is 2.21. The molecular formula is C8H10O2. The van der Waals surface area contributed by atoms with Gasteiger partial charge in [-0.25, -0.2) is 0 Å². The van der Waals surface area contributed by atoms with E-state index in [1.807, 2.05) is 6.08 Å². The predicted molar refractivity (Wildman–Crippen MR) is 37.4 cm³/mol. The lowest BCUT2D eigenvalue weighted by molar-refractivity contribution is 0.132. The molecule has 1 heterocycles. The first kappa shape index (κ1) is 5.83. The molecule has 2 heteroatoms. The monoisotopic (exact) mass is 138 g/mol.